The van der Waals surface area contributed by atoms with Crippen LogP contribution in [0.5, 0.6) is 0 Å². The Bertz CT molecular complexity index is 629. The highest BCUT2D eigenvalue weighted by Gasteiger charge is 2.23. The number of oxazole rings is 1. The maximum Gasteiger partial charge on any atom is 0.208 e. The van der Waals surface area contributed by atoms with E-state index in [1.165, 1.54) is 0 Å². The van der Waals surface area contributed by atoms with Gasteiger partial charge in [0.15, 0.2) is 0 Å². The molecule has 0 N–H and O–H groups in total. The van der Waals surface area contributed by atoms with Crippen molar-refractivity contribution in [2.75, 3.05) is 19.7 Å². The first-order valence-electron chi connectivity index (χ1n) is 7.66. The lowest BCUT2D eigenvalue weighted by atomic mass is 10.2. The number of aryl methyl sites for hydroxylation is 4. The molecule has 1 unspecified atom stereocenters. The van der Waals surface area contributed by atoms with Crippen molar-refractivity contribution in [3.05, 3.63) is 29.0 Å². The smallest absolute Gasteiger partial charge is 0.208 e. The van der Waals surface area contributed by atoms with Crippen molar-refractivity contribution in [2.45, 2.75) is 46.9 Å². The quantitative estimate of drug-likeness (QED) is 0.850. The van der Waals surface area contributed by atoms with Crippen LogP contribution in [0.15, 0.2) is 4.42 Å². The Morgan fingerprint density at radius 1 is 1.18 bits per heavy atom. The molecule has 0 radical (unpaired) electrons. The molecule has 3 heterocycles. The van der Waals surface area contributed by atoms with Crippen molar-refractivity contribution in [2.24, 2.45) is 0 Å². The predicted octanol–water partition coefficient (Wildman–Crippen LogP) is 1.40. The monoisotopic (exact) mass is 305 g/mol. The van der Waals surface area contributed by atoms with Crippen molar-refractivity contribution in [3.8, 4) is 0 Å². The topological polar surface area (TPSA) is 69.2 Å². The van der Waals surface area contributed by atoms with Crippen LogP contribution < -0.4 is 0 Å². The molecule has 1 saturated heterocycles. The van der Waals surface area contributed by atoms with E-state index in [1.807, 2.05) is 32.4 Å². The number of rotatable bonds is 4. The van der Waals surface area contributed by atoms with Gasteiger partial charge >= 0.3 is 0 Å². The molecule has 1 atom stereocenters. The summed E-state index contributed by atoms with van der Waals surface area (Å²) in [6.07, 6.45) is 0.116. The van der Waals surface area contributed by atoms with Crippen molar-refractivity contribution in [1.29, 1.82) is 0 Å². The van der Waals surface area contributed by atoms with Crippen molar-refractivity contribution in [1.82, 2.24) is 24.6 Å². The van der Waals surface area contributed by atoms with Crippen LogP contribution in [0.4, 0.5) is 0 Å². The lowest BCUT2D eigenvalue weighted by Crippen LogP contribution is -2.44. The van der Waals surface area contributed by atoms with Crippen LogP contribution in [0.25, 0.3) is 0 Å². The molecular formula is C15H23N5O2. The van der Waals surface area contributed by atoms with E-state index in [0.717, 1.165) is 61.8 Å². The van der Waals surface area contributed by atoms with Gasteiger partial charge in [0.05, 0.1) is 31.5 Å². The number of nitrogens with zero attached hydrogens (tertiary/aromatic N) is 5. The fourth-order valence-corrected chi connectivity index (χ4v) is 2.76. The van der Waals surface area contributed by atoms with Crippen LogP contribution in [0, 0.1) is 27.7 Å². The van der Waals surface area contributed by atoms with E-state index in [4.69, 9.17) is 9.15 Å². The Kier molecular flexibility index (Phi) is 4.26. The molecule has 7 nitrogen and oxygen atoms in total. The summed E-state index contributed by atoms with van der Waals surface area (Å²) < 4.78 is 13.5. The first-order valence-corrected chi connectivity index (χ1v) is 7.66. The number of hydrogen-bond donors (Lipinski definition) is 0. The van der Waals surface area contributed by atoms with Crippen LogP contribution in [-0.2, 0) is 17.8 Å². The zero-order valence-corrected chi connectivity index (χ0v) is 13.7. The minimum absolute atomic E-state index is 0.116. The maximum atomic E-state index is 5.86. The summed E-state index contributed by atoms with van der Waals surface area (Å²) in [5, 5.41) is 4.40. The van der Waals surface area contributed by atoms with Crippen molar-refractivity contribution < 1.29 is 9.15 Å². The van der Waals surface area contributed by atoms with Gasteiger partial charge in [0.25, 0.3) is 0 Å². The fraction of sp³-hybridized carbons (Fsp3) is 0.667. The molecule has 0 saturated carbocycles. The molecule has 22 heavy (non-hydrogen) atoms. The average Bonchev–Trinajstić information content (AvgIpc) is 2.92. The molecule has 3 rings (SSSR count). The molecule has 2 aromatic heterocycles. The molecule has 1 aliphatic heterocycles. The summed E-state index contributed by atoms with van der Waals surface area (Å²) in [5.74, 6) is 3.41. The lowest BCUT2D eigenvalue weighted by molar-refractivity contribution is -0.0426. The summed E-state index contributed by atoms with van der Waals surface area (Å²) in [5.41, 5.74) is 0.966. The molecule has 0 spiro atoms. The van der Waals surface area contributed by atoms with Gasteiger partial charge in [0.1, 0.15) is 17.4 Å². The summed E-state index contributed by atoms with van der Waals surface area (Å²) in [6, 6.07) is 0. The van der Waals surface area contributed by atoms with E-state index in [1.54, 1.807) is 0 Å². The Morgan fingerprint density at radius 3 is 2.64 bits per heavy atom. The van der Waals surface area contributed by atoms with E-state index in [0.29, 0.717) is 0 Å². The molecule has 7 heteroatoms. The van der Waals surface area contributed by atoms with Gasteiger partial charge in [-0.3, -0.25) is 4.90 Å². The summed E-state index contributed by atoms with van der Waals surface area (Å²) in [7, 11) is 0. The molecule has 0 bridgehead atoms. The van der Waals surface area contributed by atoms with Crippen LogP contribution >= 0.6 is 0 Å². The largest absolute Gasteiger partial charge is 0.444 e. The normalized spacial score (nSPS) is 19.7. The third-order valence-corrected chi connectivity index (χ3v) is 3.99. The van der Waals surface area contributed by atoms with Gasteiger partial charge in [0, 0.05) is 13.1 Å². The second-order valence-electron chi connectivity index (χ2n) is 5.87. The molecular weight excluding hydrogens is 282 g/mol. The van der Waals surface area contributed by atoms with Gasteiger partial charge in [-0.2, -0.15) is 5.10 Å². The fourth-order valence-electron chi connectivity index (χ4n) is 2.76. The highest BCUT2D eigenvalue weighted by atomic mass is 16.5. The second kappa shape index (κ2) is 6.18. The van der Waals surface area contributed by atoms with Gasteiger partial charge in [-0.25, -0.2) is 14.6 Å². The molecule has 120 valence electrons. The number of hydrogen-bond acceptors (Lipinski definition) is 6. The van der Waals surface area contributed by atoms with E-state index < -0.39 is 0 Å². The Hall–Kier alpha value is -1.73. The Balaban J connectivity index is 1.60. The molecule has 2 aromatic rings. The molecule has 0 amide bonds. The number of aromatic nitrogens is 4. The van der Waals surface area contributed by atoms with E-state index >= 15 is 0 Å². The number of morpholine rings is 1. The van der Waals surface area contributed by atoms with Crippen LogP contribution in [0.3, 0.4) is 0 Å². The van der Waals surface area contributed by atoms with E-state index in [9.17, 15) is 0 Å². The highest BCUT2D eigenvalue weighted by Crippen LogP contribution is 2.14. The van der Waals surface area contributed by atoms with Crippen molar-refractivity contribution >= 4 is 0 Å². The predicted molar refractivity (Wildman–Crippen MR) is 80.5 cm³/mol. The summed E-state index contributed by atoms with van der Waals surface area (Å²) in [4.78, 5) is 11.1. The minimum Gasteiger partial charge on any atom is -0.444 e. The first-order chi connectivity index (χ1) is 10.5. The second-order valence-corrected chi connectivity index (χ2v) is 5.87. The minimum atomic E-state index is 0.116. The van der Waals surface area contributed by atoms with Gasteiger partial charge in [-0.05, 0) is 27.7 Å². The van der Waals surface area contributed by atoms with E-state index in [-0.39, 0.29) is 6.10 Å². The Labute approximate surface area is 130 Å². The zero-order chi connectivity index (χ0) is 15.7. The van der Waals surface area contributed by atoms with Gasteiger partial charge in [-0.1, -0.05) is 0 Å². The van der Waals surface area contributed by atoms with Crippen LogP contribution in [-0.4, -0.2) is 50.4 Å². The van der Waals surface area contributed by atoms with Gasteiger partial charge in [0.2, 0.25) is 5.89 Å². The summed E-state index contributed by atoms with van der Waals surface area (Å²) in [6.45, 7) is 11.7. The lowest BCUT2D eigenvalue weighted by Gasteiger charge is -2.32. The molecule has 0 aliphatic carbocycles. The SMILES string of the molecule is Cc1nc(C)n(CC2CN(Cc3nc(C)c(C)o3)CCO2)n1. The maximum absolute atomic E-state index is 5.86. The first kappa shape index (κ1) is 15.2. The number of ether oxygens (including phenoxy) is 1. The molecule has 1 fully saturated rings. The van der Waals surface area contributed by atoms with Gasteiger partial charge in [-0.15, -0.1) is 0 Å². The third kappa shape index (κ3) is 3.36. The van der Waals surface area contributed by atoms with Crippen LogP contribution in [0.1, 0.15) is 29.0 Å². The highest BCUT2D eigenvalue weighted by molar-refractivity contribution is 5.05. The van der Waals surface area contributed by atoms with E-state index in [2.05, 4.69) is 20.0 Å². The third-order valence-electron chi connectivity index (χ3n) is 3.99. The molecule has 1 aliphatic rings. The Morgan fingerprint density at radius 2 is 2.00 bits per heavy atom. The van der Waals surface area contributed by atoms with Crippen LogP contribution in [0.2, 0.25) is 0 Å². The molecule has 0 aromatic carbocycles. The zero-order valence-electron chi connectivity index (χ0n) is 13.7. The standard InChI is InChI=1S/C15H23N5O2/c1-10-11(2)22-15(16-10)9-19-5-6-21-14(7-19)8-20-13(4)17-12(3)18-20/h14H,5-9H2,1-4H3. The average molecular weight is 305 g/mol. The summed E-state index contributed by atoms with van der Waals surface area (Å²) >= 11 is 0. The van der Waals surface area contributed by atoms with Gasteiger partial charge < -0.3 is 9.15 Å². The van der Waals surface area contributed by atoms with Crippen molar-refractivity contribution in [3.63, 3.8) is 0 Å².